The third-order valence-electron chi connectivity index (χ3n) is 10.4. The van der Waals surface area contributed by atoms with Gasteiger partial charge in [0, 0.05) is 24.5 Å². The molecule has 0 unspecified atom stereocenters. The first kappa shape index (κ1) is 41.0. The summed E-state index contributed by atoms with van der Waals surface area (Å²) in [6, 6.07) is -0.785. The first-order valence-corrected chi connectivity index (χ1v) is 17.2. The predicted molar refractivity (Wildman–Crippen MR) is 177 cm³/mol. The zero-order chi connectivity index (χ0) is 35.5. The van der Waals surface area contributed by atoms with Crippen LogP contribution in [-0.4, -0.2) is 129 Å². The van der Waals surface area contributed by atoms with E-state index < -0.39 is 71.5 Å². The Balaban J connectivity index is 2.49. The van der Waals surface area contributed by atoms with E-state index in [2.05, 4.69) is 25.7 Å². The molecular formula is C35H66N2O9. The molecule has 0 aliphatic carbocycles. The average molecular weight is 659 g/mol. The van der Waals surface area contributed by atoms with Crippen LogP contribution in [0.5, 0.6) is 0 Å². The first-order chi connectivity index (χ1) is 20.9. The maximum Gasteiger partial charge on any atom is 0.316 e. The van der Waals surface area contributed by atoms with E-state index in [-0.39, 0.29) is 36.3 Å². The Hall–Kier alpha value is -1.18. The smallest absolute Gasteiger partial charge is 0.316 e. The average Bonchev–Trinajstić information content (AvgIpc) is 2.95. The predicted octanol–water partition coefficient (Wildman–Crippen LogP) is 2.99. The molecule has 13 atom stereocenters. The van der Waals surface area contributed by atoms with Crippen molar-refractivity contribution >= 4 is 11.8 Å². The van der Waals surface area contributed by atoms with Gasteiger partial charge in [-0.3, -0.25) is 9.59 Å². The molecule has 2 aliphatic rings. The van der Waals surface area contributed by atoms with Crippen LogP contribution in [0, 0.1) is 23.2 Å². The summed E-state index contributed by atoms with van der Waals surface area (Å²) < 4.78 is 18.3. The Labute approximate surface area is 277 Å². The second-order valence-electron chi connectivity index (χ2n) is 16.2. The van der Waals surface area contributed by atoms with Crippen molar-refractivity contribution in [3.05, 3.63) is 0 Å². The van der Waals surface area contributed by atoms with Crippen molar-refractivity contribution in [2.75, 3.05) is 27.2 Å². The van der Waals surface area contributed by atoms with Gasteiger partial charge < -0.3 is 44.4 Å². The fraction of sp³-hybridized carbons (Fsp3) is 0.943. The third-order valence-corrected chi connectivity index (χ3v) is 10.4. The van der Waals surface area contributed by atoms with Crippen LogP contribution >= 0.6 is 0 Å². The summed E-state index contributed by atoms with van der Waals surface area (Å²) in [5.41, 5.74) is -3.24. The van der Waals surface area contributed by atoms with Gasteiger partial charge in [-0.15, -0.1) is 0 Å². The van der Waals surface area contributed by atoms with Gasteiger partial charge in [0.05, 0.1) is 17.8 Å². The van der Waals surface area contributed by atoms with Crippen LogP contribution in [0.4, 0.5) is 0 Å². The summed E-state index contributed by atoms with van der Waals surface area (Å²) >= 11 is 0. The maximum atomic E-state index is 13.9. The fourth-order valence-corrected chi connectivity index (χ4v) is 7.19. The highest BCUT2D eigenvalue weighted by molar-refractivity contribution is 6.00. The number of rotatable bonds is 6. The number of nitrogens with zero attached hydrogens (tertiary/aromatic N) is 2. The minimum absolute atomic E-state index is 0.121. The van der Waals surface area contributed by atoms with Crippen molar-refractivity contribution in [1.29, 1.82) is 0 Å². The molecule has 0 aromatic rings. The van der Waals surface area contributed by atoms with Crippen LogP contribution in [0.15, 0.2) is 0 Å². The number of hydrogen-bond donors (Lipinski definition) is 4. The Morgan fingerprint density at radius 2 is 1.65 bits per heavy atom. The number of esters is 1. The molecule has 11 heteroatoms. The van der Waals surface area contributed by atoms with Crippen LogP contribution in [0.2, 0.25) is 0 Å². The Bertz CT molecular complexity index is 999. The number of aliphatic hydroxyl groups is 4. The number of cyclic esters (lactones) is 1. The van der Waals surface area contributed by atoms with Gasteiger partial charge in [-0.25, -0.2) is 0 Å². The van der Waals surface area contributed by atoms with E-state index in [1.54, 1.807) is 27.7 Å². The van der Waals surface area contributed by atoms with Crippen LogP contribution in [-0.2, 0) is 23.8 Å². The SMILES string of the molecule is CC[C@H]1OC(=O)[C@H](C)C(=O)[C@H](C)[C@@H](O[C@@H]2O[C@H](C)C[C@H](N(C)CCC(C)(C)C)[C@H]2O)[C@](C)(O)C[C@@H](C)CN(C)[C@H](C)[C@@H](O)[C@]1(C)O. The van der Waals surface area contributed by atoms with E-state index in [0.29, 0.717) is 13.0 Å². The van der Waals surface area contributed by atoms with Gasteiger partial charge in [-0.2, -0.15) is 0 Å². The summed E-state index contributed by atoms with van der Waals surface area (Å²) in [5, 5.41) is 46.2. The second kappa shape index (κ2) is 16.0. The van der Waals surface area contributed by atoms with E-state index in [0.717, 1.165) is 13.0 Å². The molecule has 2 fully saturated rings. The molecule has 0 aromatic carbocycles. The Kier molecular flexibility index (Phi) is 14.3. The van der Waals surface area contributed by atoms with Crippen LogP contribution in [0.3, 0.4) is 0 Å². The summed E-state index contributed by atoms with van der Waals surface area (Å²) in [4.78, 5) is 31.3. The first-order valence-electron chi connectivity index (χ1n) is 17.2. The number of ketones is 1. The van der Waals surface area contributed by atoms with Gasteiger partial charge in [-0.05, 0) is 92.3 Å². The maximum absolute atomic E-state index is 13.9. The summed E-state index contributed by atoms with van der Waals surface area (Å²) in [5.74, 6) is -3.70. The molecule has 270 valence electrons. The largest absolute Gasteiger partial charge is 0.459 e. The highest BCUT2D eigenvalue weighted by Gasteiger charge is 2.50. The molecule has 2 aliphatic heterocycles. The molecule has 2 saturated heterocycles. The number of carbonyl (C=O) groups excluding carboxylic acids is 2. The summed E-state index contributed by atoms with van der Waals surface area (Å²) in [7, 11) is 3.80. The topological polar surface area (TPSA) is 149 Å². The highest BCUT2D eigenvalue weighted by atomic mass is 16.7. The van der Waals surface area contributed by atoms with E-state index in [4.69, 9.17) is 14.2 Å². The van der Waals surface area contributed by atoms with Crippen molar-refractivity contribution < 1.29 is 44.2 Å². The molecule has 0 aromatic heterocycles. The van der Waals surface area contributed by atoms with Crippen molar-refractivity contribution in [1.82, 2.24) is 9.80 Å². The van der Waals surface area contributed by atoms with Crippen LogP contribution in [0.25, 0.3) is 0 Å². The van der Waals surface area contributed by atoms with Crippen molar-refractivity contribution in [2.45, 2.75) is 162 Å². The normalized spacial score (nSPS) is 43.2. The number of likely N-dealkylation sites (N-methyl/N-ethyl adjacent to an activating group) is 2. The van der Waals surface area contributed by atoms with Gasteiger partial charge in [0.15, 0.2) is 12.1 Å². The third kappa shape index (κ3) is 10.2. The monoisotopic (exact) mass is 658 g/mol. The number of aliphatic hydroxyl groups excluding tert-OH is 2. The molecule has 4 N–H and O–H groups in total. The lowest BCUT2D eigenvalue weighted by Gasteiger charge is -2.46. The van der Waals surface area contributed by atoms with Gasteiger partial charge in [0.25, 0.3) is 0 Å². The van der Waals surface area contributed by atoms with Crippen molar-refractivity contribution in [2.24, 2.45) is 23.2 Å². The van der Waals surface area contributed by atoms with Gasteiger partial charge in [0.2, 0.25) is 0 Å². The lowest BCUT2D eigenvalue weighted by molar-refractivity contribution is -0.294. The number of ether oxygens (including phenoxy) is 3. The van der Waals surface area contributed by atoms with E-state index in [1.807, 2.05) is 32.8 Å². The molecule has 2 rings (SSSR count). The molecule has 11 nitrogen and oxygen atoms in total. The van der Waals surface area contributed by atoms with Crippen LogP contribution in [0.1, 0.15) is 102 Å². The van der Waals surface area contributed by atoms with E-state index in [1.165, 1.54) is 13.8 Å². The minimum atomic E-state index is -1.78. The lowest BCUT2D eigenvalue weighted by atomic mass is 9.78. The van der Waals surface area contributed by atoms with Crippen molar-refractivity contribution in [3.8, 4) is 0 Å². The van der Waals surface area contributed by atoms with E-state index >= 15 is 0 Å². The molecule has 0 bridgehead atoms. The Morgan fingerprint density at radius 3 is 2.20 bits per heavy atom. The number of hydrogen-bond acceptors (Lipinski definition) is 11. The van der Waals surface area contributed by atoms with Gasteiger partial charge in [0.1, 0.15) is 29.8 Å². The molecular weight excluding hydrogens is 592 g/mol. The number of Topliss-reactive ketones (excluding diaryl/α,β-unsaturated/α-hetero) is 1. The lowest BCUT2D eigenvalue weighted by Crippen LogP contribution is -2.59. The molecule has 2 heterocycles. The van der Waals surface area contributed by atoms with Gasteiger partial charge in [-0.1, -0.05) is 41.5 Å². The molecule has 0 saturated carbocycles. The standard InChI is InChI=1S/C35H66N2O9/c1-14-26-35(11,43)29(40)24(6)37(13)19-20(2)18-34(10,42)30(22(4)27(38)23(5)31(41)45-26)46-32-28(39)25(17-21(3)44-32)36(12)16-15-33(7,8)9/h20-26,28-30,32,39-40,42-43H,14-19H2,1-13H3/t20-,21-,22+,23-,24-,25+,26-,28-,29-,30-,32+,34-,35-/m1/s1. The van der Waals surface area contributed by atoms with Gasteiger partial charge >= 0.3 is 5.97 Å². The zero-order valence-electron chi connectivity index (χ0n) is 30.8. The van der Waals surface area contributed by atoms with E-state index in [9.17, 15) is 30.0 Å². The second-order valence-corrected chi connectivity index (χ2v) is 16.2. The summed E-state index contributed by atoms with van der Waals surface area (Å²) in [6.45, 7) is 21.3. The molecule has 0 spiro atoms. The molecule has 0 amide bonds. The number of carbonyl (C=O) groups is 2. The van der Waals surface area contributed by atoms with Crippen LogP contribution < -0.4 is 0 Å². The minimum Gasteiger partial charge on any atom is -0.459 e. The van der Waals surface area contributed by atoms with Crippen molar-refractivity contribution in [3.63, 3.8) is 0 Å². The highest BCUT2D eigenvalue weighted by Crippen LogP contribution is 2.36. The fourth-order valence-electron chi connectivity index (χ4n) is 7.19. The quantitative estimate of drug-likeness (QED) is 0.247. The summed E-state index contributed by atoms with van der Waals surface area (Å²) in [6.07, 6.45) is -3.91. The Morgan fingerprint density at radius 1 is 1.07 bits per heavy atom. The molecule has 0 radical (unpaired) electrons. The zero-order valence-corrected chi connectivity index (χ0v) is 30.8. The molecule has 46 heavy (non-hydrogen) atoms.